The molecule has 0 amide bonds. The maximum Gasteiger partial charge on any atom is 0.216 e. The Morgan fingerprint density at radius 2 is 2.33 bits per heavy atom. The number of hydrogen-bond donors (Lipinski definition) is 0. The lowest BCUT2D eigenvalue weighted by molar-refractivity contribution is 0.289. The topological polar surface area (TPSA) is 22.1 Å². The van der Waals surface area contributed by atoms with E-state index in [-0.39, 0.29) is 0 Å². The molecule has 0 radical (unpaired) electrons. The number of aryl methyl sites for hydroxylation is 1. The van der Waals surface area contributed by atoms with Crippen LogP contribution in [0.5, 0.6) is 5.88 Å². The van der Waals surface area contributed by atoms with Crippen molar-refractivity contribution in [1.29, 1.82) is 0 Å². The second-order valence-electron chi connectivity index (χ2n) is 3.09. The SMILES string of the molecule is Cc1cc(Cl)cnc1OC1CC1. The van der Waals surface area contributed by atoms with Gasteiger partial charge in [-0.2, -0.15) is 0 Å². The molecule has 0 saturated heterocycles. The number of hydrogen-bond acceptors (Lipinski definition) is 2. The first-order valence-electron chi connectivity index (χ1n) is 4.04. The van der Waals surface area contributed by atoms with Gasteiger partial charge in [0, 0.05) is 11.8 Å². The first-order valence-corrected chi connectivity index (χ1v) is 4.42. The van der Waals surface area contributed by atoms with Crippen molar-refractivity contribution in [2.75, 3.05) is 0 Å². The minimum atomic E-state index is 0.400. The minimum Gasteiger partial charge on any atom is -0.474 e. The van der Waals surface area contributed by atoms with E-state index in [1.54, 1.807) is 6.20 Å². The first-order chi connectivity index (χ1) is 5.75. The Labute approximate surface area is 76.5 Å². The summed E-state index contributed by atoms with van der Waals surface area (Å²) in [6, 6.07) is 1.87. The Morgan fingerprint density at radius 1 is 1.58 bits per heavy atom. The molecule has 2 nitrogen and oxygen atoms in total. The van der Waals surface area contributed by atoms with E-state index < -0.39 is 0 Å². The summed E-state index contributed by atoms with van der Waals surface area (Å²) in [7, 11) is 0. The normalized spacial score (nSPS) is 16.2. The fraction of sp³-hybridized carbons (Fsp3) is 0.444. The molecule has 0 spiro atoms. The number of halogens is 1. The summed E-state index contributed by atoms with van der Waals surface area (Å²) >= 11 is 5.75. The van der Waals surface area contributed by atoms with Gasteiger partial charge in [0.15, 0.2) is 0 Å². The highest BCUT2D eigenvalue weighted by molar-refractivity contribution is 6.30. The second kappa shape index (κ2) is 2.94. The van der Waals surface area contributed by atoms with Gasteiger partial charge in [0.25, 0.3) is 0 Å². The fourth-order valence-corrected chi connectivity index (χ4v) is 1.21. The summed E-state index contributed by atoms with van der Waals surface area (Å²) in [5, 5.41) is 0.663. The molecule has 1 aromatic heterocycles. The van der Waals surface area contributed by atoms with Crippen LogP contribution in [0.15, 0.2) is 12.3 Å². The van der Waals surface area contributed by atoms with E-state index in [0.29, 0.717) is 11.1 Å². The number of aromatic nitrogens is 1. The van der Waals surface area contributed by atoms with Crippen molar-refractivity contribution in [2.24, 2.45) is 0 Å². The van der Waals surface area contributed by atoms with Crippen LogP contribution in [0.1, 0.15) is 18.4 Å². The van der Waals surface area contributed by atoms with Crippen LogP contribution in [-0.2, 0) is 0 Å². The lowest BCUT2D eigenvalue weighted by Crippen LogP contribution is -1.99. The Balaban J connectivity index is 2.18. The Morgan fingerprint density at radius 3 is 2.92 bits per heavy atom. The summed E-state index contributed by atoms with van der Waals surface area (Å²) in [6.07, 6.45) is 4.33. The Hall–Kier alpha value is -0.760. The highest BCUT2D eigenvalue weighted by Crippen LogP contribution is 2.28. The van der Waals surface area contributed by atoms with Crippen LogP contribution in [0.25, 0.3) is 0 Å². The van der Waals surface area contributed by atoms with Gasteiger partial charge in [-0.3, -0.25) is 0 Å². The van der Waals surface area contributed by atoms with E-state index in [4.69, 9.17) is 16.3 Å². The van der Waals surface area contributed by atoms with Crippen molar-refractivity contribution in [1.82, 2.24) is 4.98 Å². The molecule has 1 aromatic rings. The summed E-state index contributed by atoms with van der Waals surface area (Å²) in [6.45, 7) is 1.95. The van der Waals surface area contributed by atoms with Crippen LogP contribution in [0, 0.1) is 6.92 Å². The van der Waals surface area contributed by atoms with Crippen molar-refractivity contribution in [3.05, 3.63) is 22.8 Å². The summed E-state index contributed by atoms with van der Waals surface area (Å²) in [5.41, 5.74) is 1.01. The molecule has 0 atom stereocenters. The van der Waals surface area contributed by atoms with E-state index in [2.05, 4.69) is 4.98 Å². The Kier molecular flexibility index (Phi) is 1.93. The van der Waals surface area contributed by atoms with Gasteiger partial charge in [-0.1, -0.05) is 11.6 Å². The van der Waals surface area contributed by atoms with Gasteiger partial charge >= 0.3 is 0 Å². The van der Waals surface area contributed by atoms with E-state index in [1.165, 1.54) is 0 Å². The molecule has 0 aromatic carbocycles. The highest BCUT2D eigenvalue weighted by Gasteiger charge is 2.24. The summed E-state index contributed by atoms with van der Waals surface area (Å²) in [5.74, 6) is 0.724. The monoisotopic (exact) mass is 183 g/mol. The van der Waals surface area contributed by atoms with Gasteiger partial charge in [-0.25, -0.2) is 4.98 Å². The molecular formula is C9H10ClNO. The summed E-state index contributed by atoms with van der Waals surface area (Å²) in [4.78, 5) is 4.10. The smallest absolute Gasteiger partial charge is 0.216 e. The van der Waals surface area contributed by atoms with Crippen molar-refractivity contribution >= 4 is 11.6 Å². The van der Waals surface area contributed by atoms with Crippen molar-refractivity contribution < 1.29 is 4.74 Å². The van der Waals surface area contributed by atoms with Crippen LogP contribution < -0.4 is 4.74 Å². The zero-order valence-corrected chi connectivity index (χ0v) is 7.64. The van der Waals surface area contributed by atoms with Crippen LogP contribution in [0.2, 0.25) is 5.02 Å². The molecule has 1 fully saturated rings. The molecule has 3 heteroatoms. The third-order valence-corrected chi connectivity index (χ3v) is 2.01. The van der Waals surface area contributed by atoms with Crippen LogP contribution in [-0.4, -0.2) is 11.1 Å². The molecule has 0 bridgehead atoms. The van der Waals surface area contributed by atoms with Crippen LogP contribution >= 0.6 is 11.6 Å². The number of ether oxygens (including phenoxy) is 1. The van der Waals surface area contributed by atoms with E-state index in [1.807, 2.05) is 13.0 Å². The standard InChI is InChI=1S/C9H10ClNO/c1-6-4-7(10)5-11-9(6)12-8-2-3-8/h4-5,8H,2-3H2,1H3. The van der Waals surface area contributed by atoms with E-state index in [9.17, 15) is 0 Å². The van der Waals surface area contributed by atoms with Crippen molar-refractivity contribution in [3.63, 3.8) is 0 Å². The first kappa shape index (κ1) is 7.87. The largest absolute Gasteiger partial charge is 0.474 e. The number of nitrogens with zero attached hydrogens (tertiary/aromatic N) is 1. The fourth-order valence-electron chi connectivity index (χ4n) is 0.995. The number of pyridine rings is 1. The molecule has 0 aliphatic heterocycles. The molecule has 0 N–H and O–H groups in total. The molecule has 1 saturated carbocycles. The number of rotatable bonds is 2. The Bertz CT molecular complexity index is 297. The van der Waals surface area contributed by atoms with Crippen LogP contribution in [0.4, 0.5) is 0 Å². The minimum absolute atomic E-state index is 0.400. The van der Waals surface area contributed by atoms with Gasteiger partial charge in [-0.15, -0.1) is 0 Å². The second-order valence-corrected chi connectivity index (χ2v) is 3.53. The lowest BCUT2D eigenvalue weighted by atomic mass is 10.3. The predicted molar refractivity (Wildman–Crippen MR) is 47.6 cm³/mol. The molecular weight excluding hydrogens is 174 g/mol. The van der Waals surface area contributed by atoms with Crippen molar-refractivity contribution in [3.8, 4) is 5.88 Å². The zero-order chi connectivity index (χ0) is 8.55. The maximum absolute atomic E-state index is 5.75. The quantitative estimate of drug-likeness (QED) is 0.703. The lowest BCUT2D eigenvalue weighted by Gasteiger charge is -2.05. The van der Waals surface area contributed by atoms with E-state index >= 15 is 0 Å². The van der Waals surface area contributed by atoms with Gasteiger partial charge < -0.3 is 4.74 Å². The molecule has 64 valence electrons. The summed E-state index contributed by atoms with van der Waals surface area (Å²) < 4.78 is 5.54. The average Bonchev–Trinajstić information content (AvgIpc) is 2.79. The molecule has 1 aliphatic carbocycles. The van der Waals surface area contributed by atoms with Gasteiger partial charge in [-0.05, 0) is 25.8 Å². The predicted octanol–water partition coefficient (Wildman–Crippen LogP) is 2.58. The molecule has 1 aliphatic rings. The molecule has 12 heavy (non-hydrogen) atoms. The molecule has 1 heterocycles. The third kappa shape index (κ3) is 1.69. The van der Waals surface area contributed by atoms with E-state index in [0.717, 1.165) is 24.3 Å². The van der Waals surface area contributed by atoms with Crippen molar-refractivity contribution in [2.45, 2.75) is 25.9 Å². The zero-order valence-electron chi connectivity index (χ0n) is 6.88. The highest BCUT2D eigenvalue weighted by atomic mass is 35.5. The van der Waals surface area contributed by atoms with Gasteiger partial charge in [0.05, 0.1) is 5.02 Å². The van der Waals surface area contributed by atoms with Gasteiger partial charge in [0.1, 0.15) is 6.10 Å². The molecule has 2 rings (SSSR count). The maximum atomic E-state index is 5.75. The van der Waals surface area contributed by atoms with Crippen LogP contribution in [0.3, 0.4) is 0 Å². The molecule has 0 unspecified atom stereocenters. The van der Waals surface area contributed by atoms with Gasteiger partial charge in [0.2, 0.25) is 5.88 Å². The average molecular weight is 184 g/mol. The third-order valence-electron chi connectivity index (χ3n) is 1.80.